The van der Waals surface area contributed by atoms with Gasteiger partial charge in [0.2, 0.25) is 5.91 Å². The Morgan fingerprint density at radius 3 is 2.32 bits per heavy atom. The molecule has 1 N–H and O–H groups in total. The van der Waals surface area contributed by atoms with E-state index in [-0.39, 0.29) is 18.2 Å². The van der Waals surface area contributed by atoms with Crippen LogP contribution in [-0.4, -0.2) is 43.5 Å². The zero-order chi connectivity index (χ0) is 20.3. The van der Waals surface area contributed by atoms with Crippen molar-refractivity contribution in [2.75, 3.05) is 26.1 Å². The van der Waals surface area contributed by atoms with Crippen LogP contribution in [-0.2, 0) is 16.0 Å². The summed E-state index contributed by atoms with van der Waals surface area (Å²) in [7, 11) is 3.17. The van der Waals surface area contributed by atoms with E-state index < -0.39 is 6.04 Å². The molecule has 0 radical (unpaired) electrons. The molecule has 0 aliphatic carbocycles. The van der Waals surface area contributed by atoms with Crippen molar-refractivity contribution >= 4 is 17.5 Å². The van der Waals surface area contributed by atoms with Gasteiger partial charge in [0, 0.05) is 12.2 Å². The average Bonchev–Trinajstić information content (AvgIpc) is 2.92. The maximum Gasteiger partial charge on any atom is 0.252 e. The lowest BCUT2D eigenvalue weighted by atomic mass is 10.1. The summed E-state index contributed by atoms with van der Waals surface area (Å²) in [4.78, 5) is 26.5. The van der Waals surface area contributed by atoms with E-state index >= 15 is 0 Å². The fourth-order valence-corrected chi connectivity index (χ4v) is 3.57. The molecule has 3 rings (SSSR count). The van der Waals surface area contributed by atoms with Gasteiger partial charge in [0.05, 0.1) is 20.6 Å². The molecule has 0 bridgehead atoms. The third-order valence-electron chi connectivity index (χ3n) is 4.88. The highest BCUT2D eigenvalue weighted by Crippen LogP contribution is 2.28. The van der Waals surface area contributed by atoms with Crippen molar-refractivity contribution in [1.82, 2.24) is 4.90 Å². The molecule has 148 valence electrons. The number of likely N-dealkylation sites (tertiary alicyclic amines) is 1. The minimum absolute atomic E-state index is 0.146. The normalized spacial score (nSPS) is 16.4. The number of imide groups is 1. The summed E-state index contributed by atoms with van der Waals surface area (Å²) in [5, 5.41) is 3.22. The molecule has 0 saturated carbocycles. The van der Waals surface area contributed by atoms with Crippen LogP contribution < -0.4 is 14.8 Å². The smallest absolute Gasteiger partial charge is 0.252 e. The van der Waals surface area contributed by atoms with E-state index in [4.69, 9.17) is 9.47 Å². The highest BCUT2D eigenvalue weighted by atomic mass is 16.5. The monoisotopic (exact) mass is 382 g/mol. The summed E-state index contributed by atoms with van der Waals surface area (Å²) in [6.07, 6.45) is 0.742. The Hall–Kier alpha value is -3.02. The number of carbonyl (C=O) groups is 2. The quantitative estimate of drug-likeness (QED) is 0.746. The van der Waals surface area contributed by atoms with Crippen LogP contribution >= 0.6 is 0 Å². The largest absolute Gasteiger partial charge is 0.493 e. The van der Waals surface area contributed by atoms with Crippen LogP contribution in [0.5, 0.6) is 11.5 Å². The first kappa shape index (κ1) is 19.7. The van der Waals surface area contributed by atoms with Crippen molar-refractivity contribution in [1.29, 1.82) is 0 Å². The van der Waals surface area contributed by atoms with Gasteiger partial charge in [-0.15, -0.1) is 0 Å². The topological polar surface area (TPSA) is 67.9 Å². The number of benzene rings is 2. The first-order valence-corrected chi connectivity index (χ1v) is 9.31. The maximum absolute atomic E-state index is 12.7. The third-order valence-corrected chi connectivity index (χ3v) is 4.88. The van der Waals surface area contributed by atoms with Gasteiger partial charge in [0.25, 0.3) is 5.91 Å². The predicted molar refractivity (Wildman–Crippen MR) is 108 cm³/mol. The standard InChI is InChI=1S/C22H26N2O4/c1-14-9-15(2)11-17(10-14)23-18-13-21(25)24(22(18)26)8-7-16-5-6-19(27-3)20(12-16)28-4/h5-6,9-12,18,23H,7-8,13H2,1-4H3/t18-/m0/s1. The minimum atomic E-state index is -0.515. The van der Waals surface area contributed by atoms with E-state index in [9.17, 15) is 9.59 Å². The molecule has 0 aromatic heterocycles. The Morgan fingerprint density at radius 2 is 1.68 bits per heavy atom. The Balaban J connectivity index is 1.65. The lowest BCUT2D eigenvalue weighted by Gasteiger charge is -2.17. The molecule has 6 heteroatoms. The number of anilines is 1. The molecular weight excluding hydrogens is 356 g/mol. The molecular formula is C22H26N2O4. The Labute approximate surface area is 165 Å². The summed E-state index contributed by atoms with van der Waals surface area (Å²) in [5.41, 5.74) is 4.07. The van der Waals surface area contributed by atoms with Crippen LogP contribution in [0.25, 0.3) is 0 Å². The number of nitrogens with zero attached hydrogens (tertiary/aromatic N) is 1. The summed E-state index contributed by atoms with van der Waals surface area (Å²) in [6, 6.07) is 11.1. The van der Waals surface area contributed by atoms with E-state index in [1.54, 1.807) is 14.2 Å². The lowest BCUT2D eigenvalue weighted by Crippen LogP contribution is -2.36. The van der Waals surface area contributed by atoms with Crippen LogP contribution in [0.3, 0.4) is 0 Å². The van der Waals surface area contributed by atoms with Crippen LogP contribution in [0.15, 0.2) is 36.4 Å². The molecule has 1 atom stereocenters. The maximum atomic E-state index is 12.7. The molecule has 1 aliphatic rings. The molecule has 2 amide bonds. The first-order valence-electron chi connectivity index (χ1n) is 9.31. The second-order valence-corrected chi connectivity index (χ2v) is 7.10. The number of hydrogen-bond acceptors (Lipinski definition) is 5. The van der Waals surface area contributed by atoms with E-state index in [2.05, 4.69) is 11.4 Å². The second kappa shape index (κ2) is 8.33. The molecule has 1 aliphatic heterocycles. The predicted octanol–water partition coefficient (Wildman–Crippen LogP) is 3.10. The van der Waals surface area contributed by atoms with Gasteiger partial charge in [-0.25, -0.2) is 0 Å². The van der Waals surface area contributed by atoms with Crippen molar-refractivity contribution < 1.29 is 19.1 Å². The van der Waals surface area contributed by atoms with Crippen LogP contribution in [0, 0.1) is 13.8 Å². The number of carbonyl (C=O) groups excluding carboxylic acids is 2. The van der Waals surface area contributed by atoms with Crippen LogP contribution in [0.4, 0.5) is 5.69 Å². The van der Waals surface area contributed by atoms with Gasteiger partial charge in [-0.1, -0.05) is 12.1 Å². The molecule has 6 nitrogen and oxygen atoms in total. The summed E-state index contributed by atoms with van der Waals surface area (Å²) >= 11 is 0. The fraction of sp³-hybridized carbons (Fsp3) is 0.364. The van der Waals surface area contributed by atoms with Crippen LogP contribution in [0.2, 0.25) is 0 Å². The molecule has 2 aromatic carbocycles. The van der Waals surface area contributed by atoms with Crippen LogP contribution in [0.1, 0.15) is 23.1 Å². The zero-order valence-corrected chi connectivity index (χ0v) is 16.7. The number of ether oxygens (including phenoxy) is 2. The highest BCUT2D eigenvalue weighted by molar-refractivity contribution is 6.06. The SMILES string of the molecule is COc1ccc(CCN2C(=O)C[C@H](Nc3cc(C)cc(C)c3)C2=O)cc1OC. The molecule has 0 unspecified atom stereocenters. The van der Waals surface area contributed by atoms with E-state index in [0.717, 1.165) is 22.4 Å². The van der Waals surface area contributed by atoms with Gasteiger partial charge < -0.3 is 14.8 Å². The summed E-state index contributed by atoms with van der Waals surface area (Å²) in [5.74, 6) is 0.961. The number of aryl methyl sites for hydroxylation is 2. The number of amides is 2. The average molecular weight is 382 g/mol. The van der Waals surface area contributed by atoms with Crippen molar-refractivity contribution in [2.24, 2.45) is 0 Å². The van der Waals surface area contributed by atoms with Gasteiger partial charge in [0.1, 0.15) is 6.04 Å². The zero-order valence-electron chi connectivity index (χ0n) is 16.7. The first-order chi connectivity index (χ1) is 13.4. The molecule has 2 aromatic rings. The van der Waals surface area contributed by atoms with E-state index in [0.29, 0.717) is 24.5 Å². The fourth-order valence-electron chi connectivity index (χ4n) is 3.57. The Kier molecular flexibility index (Phi) is 5.87. The minimum Gasteiger partial charge on any atom is -0.493 e. The van der Waals surface area contributed by atoms with Crippen molar-refractivity contribution in [3.8, 4) is 11.5 Å². The van der Waals surface area contributed by atoms with Gasteiger partial charge >= 0.3 is 0 Å². The van der Waals surface area contributed by atoms with Gasteiger partial charge in [-0.05, 0) is 61.2 Å². The van der Waals surface area contributed by atoms with E-state index in [1.165, 1.54) is 4.90 Å². The summed E-state index contributed by atoms with van der Waals surface area (Å²) in [6.45, 7) is 4.36. The van der Waals surface area contributed by atoms with Crippen molar-refractivity contribution in [3.05, 3.63) is 53.1 Å². The number of rotatable bonds is 7. The molecule has 1 saturated heterocycles. The van der Waals surface area contributed by atoms with E-state index in [1.807, 2.05) is 44.2 Å². The van der Waals surface area contributed by atoms with Crippen molar-refractivity contribution in [3.63, 3.8) is 0 Å². The number of hydrogen-bond donors (Lipinski definition) is 1. The molecule has 0 spiro atoms. The van der Waals surface area contributed by atoms with Gasteiger partial charge in [-0.2, -0.15) is 0 Å². The highest BCUT2D eigenvalue weighted by Gasteiger charge is 2.38. The third kappa shape index (κ3) is 4.27. The van der Waals surface area contributed by atoms with Gasteiger partial charge in [-0.3, -0.25) is 14.5 Å². The molecule has 1 fully saturated rings. The number of nitrogens with one attached hydrogen (secondary N) is 1. The summed E-state index contributed by atoms with van der Waals surface area (Å²) < 4.78 is 10.5. The molecule has 1 heterocycles. The Morgan fingerprint density at radius 1 is 1.00 bits per heavy atom. The number of methoxy groups -OCH3 is 2. The molecule has 28 heavy (non-hydrogen) atoms. The van der Waals surface area contributed by atoms with Gasteiger partial charge in [0.15, 0.2) is 11.5 Å². The second-order valence-electron chi connectivity index (χ2n) is 7.10. The Bertz CT molecular complexity index is 874. The van der Waals surface area contributed by atoms with Crippen molar-refractivity contribution in [2.45, 2.75) is 32.7 Å². The lowest BCUT2D eigenvalue weighted by molar-refractivity contribution is -0.138.